The van der Waals surface area contributed by atoms with Crippen molar-refractivity contribution >= 4 is 5.91 Å². The Hall–Kier alpha value is -2.56. The van der Waals surface area contributed by atoms with Gasteiger partial charge in [-0.05, 0) is 37.3 Å². The van der Waals surface area contributed by atoms with Crippen molar-refractivity contribution in [2.24, 2.45) is 0 Å². The van der Waals surface area contributed by atoms with Crippen molar-refractivity contribution in [3.8, 4) is 17.0 Å². The maximum absolute atomic E-state index is 12.3. The summed E-state index contributed by atoms with van der Waals surface area (Å²) in [5.41, 5.74) is 2.36. The Balaban J connectivity index is 2.35. The summed E-state index contributed by atoms with van der Waals surface area (Å²) < 4.78 is 7.00. The number of carbonyl (C=O) groups is 1. The van der Waals surface area contributed by atoms with Gasteiger partial charge in [-0.25, -0.2) is 0 Å². The smallest absolute Gasteiger partial charge is 0.274 e. The molecule has 22 heavy (non-hydrogen) atoms. The molecule has 0 spiro atoms. The molecule has 0 bridgehead atoms. The summed E-state index contributed by atoms with van der Waals surface area (Å²) in [7, 11) is 3.37. The zero-order chi connectivity index (χ0) is 16.1. The predicted molar refractivity (Wildman–Crippen MR) is 87.0 cm³/mol. The fourth-order valence-electron chi connectivity index (χ4n) is 2.23. The van der Waals surface area contributed by atoms with Crippen molar-refractivity contribution in [2.45, 2.75) is 13.5 Å². The quantitative estimate of drug-likeness (QED) is 0.771. The summed E-state index contributed by atoms with van der Waals surface area (Å²) in [4.78, 5) is 13.9. The fourth-order valence-corrected chi connectivity index (χ4v) is 2.23. The molecule has 2 aromatic rings. The van der Waals surface area contributed by atoms with Crippen LogP contribution in [0.25, 0.3) is 11.3 Å². The highest BCUT2D eigenvalue weighted by Crippen LogP contribution is 2.23. The van der Waals surface area contributed by atoms with E-state index in [0.717, 1.165) is 17.0 Å². The van der Waals surface area contributed by atoms with Crippen LogP contribution in [0.4, 0.5) is 0 Å². The van der Waals surface area contributed by atoms with Crippen LogP contribution in [0.5, 0.6) is 5.75 Å². The average molecular weight is 299 g/mol. The second-order valence-electron chi connectivity index (χ2n) is 4.93. The Labute approximate surface area is 130 Å². The van der Waals surface area contributed by atoms with Crippen LogP contribution in [0, 0.1) is 0 Å². The normalized spacial score (nSPS) is 10.3. The molecule has 0 aliphatic carbocycles. The van der Waals surface area contributed by atoms with Crippen LogP contribution < -0.4 is 4.74 Å². The van der Waals surface area contributed by atoms with Crippen molar-refractivity contribution in [3.63, 3.8) is 0 Å². The third-order valence-corrected chi connectivity index (χ3v) is 3.43. The number of amides is 1. The van der Waals surface area contributed by atoms with Gasteiger partial charge in [0.15, 0.2) is 5.69 Å². The molecule has 0 aliphatic heterocycles. The summed E-state index contributed by atoms with van der Waals surface area (Å²) in [6.45, 7) is 6.84. The third-order valence-electron chi connectivity index (χ3n) is 3.43. The molecule has 0 saturated carbocycles. The lowest BCUT2D eigenvalue weighted by atomic mass is 10.1. The van der Waals surface area contributed by atoms with Crippen LogP contribution in [-0.4, -0.2) is 41.3 Å². The first-order valence-electron chi connectivity index (χ1n) is 7.19. The molecule has 1 aromatic carbocycles. The fraction of sp³-hybridized carbons (Fsp3) is 0.294. The van der Waals surface area contributed by atoms with Gasteiger partial charge in [-0.15, -0.1) is 6.58 Å². The van der Waals surface area contributed by atoms with Crippen LogP contribution in [0.3, 0.4) is 0 Å². The second-order valence-corrected chi connectivity index (χ2v) is 4.93. The van der Waals surface area contributed by atoms with Gasteiger partial charge < -0.3 is 9.64 Å². The van der Waals surface area contributed by atoms with E-state index in [2.05, 4.69) is 11.7 Å². The van der Waals surface area contributed by atoms with Gasteiger partial charge >= 0.3 is 0 Å². The SMILES string of the molecule is C=CCN(C)C(=O)c1cc(-c2ccc(OC)cc2)n(CC)n1. The molecule has 0 unspecified atom stereocenters. The largest absolute Gasteiger partial charge is 0.497 e. The molecule has 5 nitrogen and oxygen atoms in total. The van der Waals surface area contributed by atoms with Gasteiger partial charge in [0.2, 0.25) is 0 Å². The van der Waals surface area contributed by atoms with E-state index in [1.165, 1.54) is 0 Å². The predicted octanol–water partition coefficient (Wildman–Crippen LogP) is 2.84. The molecule has 0 fully saturated rings. The highest BCUT2D eigenvalue weighted by Gasteiger charge is 2.17. The van der Waals surface area contributed by atoms with Crippen LogP contribution in [0.2, 0.25) is 0 Å². The van der Waals surface area contributed by atoms with E-state index in [0.29, 0.717) is 18.8 Å². The lowest BCUT2D eigenvalue weighted by Gasteiger charge is -2.12. The van der Waals surface area contributed by atoms with E-state index >= 15 is 0 Å². The standard InChI is InChI=1S/C17H21N3O2/c1-5-11-19(3)17(21)15-12-16(20(6-2)18-15)13-7-9-14(22-4)10-8-13/h5,7-10,12H,1,6,11H2,2-4H3. The van der Waals surface area contributed by atoms with E-state index in [1.54, 1.807) is 25.1 Å². The van der Waals surface area contributed by atoms with Gasteiger partial charge in [-0.3, -0.25) is 9.48 Å². The van der Waals surface area contributed by atoms with Crippen molar-refractivity contribution in [3.05, 3.63) is 48.7 Å². The number of aryl methyl sites for hydroxylation is 1. The number of hydrogen-bond donors (Lipinski definition) is 0. The van der Waals surface area contributed by atoms with Crippen molar-refractivity contribution in [1.29, 1.82) is 0 Å². The minimum absolute atomic E-state index is 0.109. The number of rotatable bonds is 6. The Kier molecular flexibility index (Phi) is 4.99. The van der Waals surface area contributed by atoms with Crippen LogP contribution in [0.15, 0.2) is 43.0 Å². The van der Waals surface area contributed by atoms with Crippen LogP contribution in [-0.2, 0) is 6.54 Å². The molecule has 0 aliphatic rings. The Bertz CT molecular complexity index is 659. The first-order valence-corrected chi connectivity index (χ1v) is 7.19. The number of carbonyl (C=O) groups excluding carboxylic acids is 1. The second kappa shape index (κ2) is 6.93. The van der Waals surface area contributed by atoms with E-state index in [4.69, 9.17) is 4.74 Å². The van der Waals surface area contributed by atoms with Gasteiger partial charge in [0.05, 0.1) is 12.8 Å². The first-order chi connectivity index (χ1) is 10.6. The summed E-state index contributed by atoms with van der Waals surface area (Å²) in [5.74, 6) is 0.690. The molecule has 116 valence electrons. The summed E-state index contributed by atoms with van der Waals surface area (Å²) in [5, 5.41) is 4.41. The number of methoxy groups -OCH3 is 1. The topological polar surface area (TPSA) is 47.4 Å². The number of ether oxygens (including phenoxy) is 1. The molecule has 0 saturated heterocycles. The van der Waals surface area contributed by atoms with Gasteiger partial charge in [0, 0.05) is 25.7 Å². The molecule has 1 heterocycles. The maximum atomic E-state index is 12.3. The summed E-state index contributed by atoms with van der Waals surface area (Å²) in [6.07, 6.45) is 1.69. The third kappa shape index (κ3) is 3.19. The highest BCUT2D eigenvalue weighted by atomic mass is 16.5. The van der Waals surface area contributed by atoms with Gasteiger partial charge in [-0.2, -0.15) is 5.10 Å². The van der Waals surface area contributed by atoms with Crippen molar-refractivity contribution < 1.29 is 9.53 Å². The average Bonchev–Trinajstić information content (AvgIpc) is 2.98. The van der Waals surface area contributed by atoms with Crippen LogP contribution in [0.1, 0.15) is 17.4 Å². The maximum Gasteiger partial charge on any atom is 0.274 e. The van der Waals surface area contributed by atoms with Gasteiger partial charge in [-0.1, -0.05) is 6.08 Å². The molecule has 1 amide bonds. The number of likely N-dealkylation sites (N-methyl/N-ethyl adjacent to an activating group) is 1. The number of aromatic nitrogens is 2. The minimum Gasteiger partial charge on any atom is -0.497 e. The molecule has 0 atom stereocenters. The van der Waals surface area contributed by atoms with Crippen molar-refractivity contribution in [1.82, 2.24) is 14.7 Å². The Morgan fingerprint density at radius 2 is 2.09 bits per heavy atom. The van der Waals surface area contributed by atoms with E-state index < -0.39 is 0 Å². The lowest BCUT2D eigenvalue weighted by Crippen LogP contribution is -2.27. The van der Waals surface area contributed by atoms with Gasteiger partial charge in [0.1, 0.15) is 5.75 Å². The Morgan fingerprint density at radius 3 is 2.64 bits per heavy atom. The highest BCUT2D eigenvalue weighted by molar-refractivity contribution is 5.93. The first kappa shape index (κ1) is 15.8. The van der Waals surface area contributed by atoms with Crippen molar-refractivity contribution in [2.75, 3.05) is 20.7 Å². The molecule has 1 aromatic heterocycles. The van der Waals surface area contributed by atoms with Gasteiger partial charge in [0.25, 0.3) is 5.91 Å². The number of nitrogens with zero attached hydrogens (tertiary/aromatic N) is 3. The number of benzene rings is 1. The zero-order valence-corrected chi connectivity index (χ0v) is 13.2. The molecule has 2 rings (SSSR count). The van der Waals surface area contributed by atoms with E-state index in [-0.39, 0.29) is 5.91 Å². The molecule has 0 radical (unpaired) electrons. The molecule has 0 N–H and O–H groups in total. The zero-order valence-electron chi connectivity index (χ0n) is 13.2. The Morgan fingerprint density at radius 1 is 1.41 bits per heavy atom. The van der Waals surface area contributed by atoms with Crippen LogP contribution >= 0.6 is 0 Å². The molecular formula is C17H21N3O2. The molecule has 5 heteroatoms. The van der Waals surface area contributed by atoms with E-state index in [1.807, 2.05) is 41.9 Å². The number of hydrogen-bond acceptors (Lipinski definition) is 3. The monoisotopic (exact) mass is 299 g/mol. The van der Waals surface area contributed by atoms with E-state index in [9.17, 15) is 4.79 Å². The summed E-state index contributed by atoms with van der Waals surface area (Å²) >= 11 is 0. The summed E-state index contributed by atoms with van der Waals surface area (Å²) in [6, 6.07) is 9.54. The minimum atomic E-state index is -0.109. The molecular weight excluding hydrogens is 278 g/mol. The lowest BCUT2D eigenvalue weighted by molar-refractivity contribution is 0.0803.